The van der Waals surface area contributed by atoms with E-state index in [0.717, 1.165) is 0 Å². The van der Waals surface area contributed by atoms with Crippen molar-refractivity contribution in [2.24, 2.45) is 0 Å². The summed E-state index contributed by atoms with van der Waals surface area (Å²) < 4.78 is 43.6. The number of halogens is 5. The van der Waals surface area contributed by atoms with Crippen LogP contribution in [0.25, 0.3) is 11.3 Å². The Morgan fingerprint density at radius 2 is 1.75 bits per heavy atom. The summed E-state index contributed by atoms with van der Waals surface area (Å²) in [7, 11) is 0. The van der Waals surface area contributed by atoms with Crippen molar-refractivity contribution in [3.8, 4) is 22.9 Å². The summed E-state index contributed by atoms with van der Waals surface area (Å²) in [4.78, 5) is 43.9. The van der Waals surface area contributed by atoms with Gasteiger partial charge in [0.2, 0.25) is 5.88 Å². The first-order valence-electron chi connectivity index (χ1n) is 8.91. The second-order valence-corrected chi connectivity index (χ2v) is 7.67. The van der Waals surface area contributed by atoms with Crippen molar-refractivity contribution in [2.45, 2.75) is 32.5 Å². The van der Waals surface area contributed by atoms with Crippen LogP contribution in [0.15, 0.2) is 32.7 Å². The number of nitrogens with zero attached hydrogens (tertiary/aromatic N) is 3. The minimum absolute atomic E-state index is 0.0143. The van der Waals surface area contributed by atoms with E-state index in [1.54, 1.807) is 18.8 Å². The van der Waals surface area contributed by atoms with Gasteiger partial charge in [-0.05, 0) is 12.1 Å². The number of hydrogen-bond acceptors (Lipinski definition) is 6. The zero-order chi connectivity index (χ0) is 23.8. The Labute approximate surface area is 186 Å². The third-order valence-electron chi connectivity index (χ3n) is 4.03. The predicted octanol–water partition coefficient (Wildman–Crippen LogP) is 3.47. The molecule has 14 heteroatoms. The number of benzene rings is 1. The minimum atomic E-state index is -4.74. The quantitative estimate of drug-likeness (QED) is 0.563. The SMILES string of the molecule is CC(C)c1nc(Oc2c(Cl)cc(-c3nn(CC(F)(F)F)c(=O)[nH]c3=O)cc2Cl)c[nH]c1=O. The van der Waals surface area contributed by atoms with E-state index in [9.17, 15) is 27.6 Å². The van der Waals surface area contributed by atoms with Crippen molar-refractivity contribution < 1.29 is 17.9 Å². The highest BCUT2D eigenvalue weighted by atomic mass is 35.5. The fraction of sp³-hybridized carbons (Fsp3) is 0.278. The summed E-state index contributed by atoms with van der Waals surface area (Å²) in [5.41, 5.74) is -3.08. The van der Waals surface area contributed by atoms with Crippen LogP contribution in [0.3, 0.4) is 0 Å². The smallest absolute Gasteiger partial charge is 0.408 e. The number of rotatable bonds is 5. The van der Waals surface area contributed by atoms with Gasteiger partial charge in [-0.2, -0.15) is 18.3 Å². The van der Waals surface area contributed by atoms with Crippen LogP contribution in [0.1, 0.15) is 25.5 Å². The monoisotopic (exact) mass is 491 g/mol. The lowest BCUT2D eigenvalue weighted by molar-refractivity contribution is -0.143. The third kappa shape index (κ3) is 5.19. The predicted molar refractivity (Wildman–Crippen MR) is 110 cm³/mol. The molecule has 2 N–H and O–H groups in total. The molecule has 0 aliphatic heterocycles. The first-order valence-corrected chi connectivity index (χ1v) is 9.66. The van der Waals surface area contributed by atoms with Crippen molar-refractivity contribution in [2.75, 3.05) is 0 Å². The average molecular weight is 492 g/mol. The first kappa shape index (κ1) is 23.5. The van der Waals surface area contributed by atoms with E-state index in [1.807, 2.05) is 0 Å². The number of alkyl halides is 3. The van der Waals surface area contributed by atoms with Crippen molar-refractivity contribution in [1.29, 1.82) is 0 Å². The second-order valence-electron chi connectivity index (χ2n) is 6.86. The number of aromatic nitrogens is 5. The summed E-state index contributed by atoms with van der Waals surface area (Å²) in [6.45, 7) is 1.83. The van der Waals surface area contributed by atoms with Gasteiger partial charge in [-0.3, -0.25) is 14.6 Å². The van der Waals surface area contributed by atoms with E-state index in [4.69, 9.17) is 27.9 Å². The Bertz CT molecular complexity index is 1320. The highest BCUT2D eigenvalue weighted by Crippen LogP contribution is 2.38. The Hall–Kier alpha value is -3.12. The second kappa shape index (κ2) is 8.79. The molecular weight excluding hydrogens is 478 g/mol. The summed E-state index contributed by atoms with van der Waals surface area (Å²) in [6, 6.07) is 2.36. The maximum Gasteiger partial charge on any atom is 0.408 e. The summed E-state index contributed by atoms with van der Waals surface area (Å²) in [5.74, 6) is -0.285. The van der Waals surface area contributed by atoms with Crippen LogP contribution < -0.4 is 21.5 Å². The van der Waals surface area contributed by atoms with Crippen LogP contribution in [0, 0.1) is 0 Å². The molecule has 1 aromatic carbocycles. The van der Waals surface area contributed by atoms with Crippen LogP contribution in [0.2, 0.25) is 10.0 Å². The molecular formula is C18H14Cl2F3N5O4. The van der Waals surface area contributed by atoms with Crippen LogP contribution >= 0.6 is 23.2 Å². The zero-order valence-corrected chi connectivity index (χ0v) is 17.9. The number of nitrogens with one attached hydrogen (secondary N) is 2. The number of ether oxygens (including phenoxy) is 1. The maximum atomic E-state index is 12.7. The van der Waals surface area contributed by atoms with E-state index < -0.39 is 29.7 Å². The van der Waals surface area contributed by atoms with Gasteiger partial charge in [0.1, 0.15) is 12.2 Å². The molecule has 0 amide bonds. The minimum Gasteiger partial charge on any atom is -0.434 e. The van der Waals surface area contributed by atoms with E-state index >= 15 is 0 Å². The zero-order valence-electron chi connectivity index (χ0n) is 16.4. The average Bonchev–Trinajstić information content (AvgIpc) is 2.66. The fourth-order valence-corrected chi connectivity index (χ4v) is 3.21. The highest BCUT2D eigenvalue weighted by molar-refractivity contribution is 6.37. The van der Waals surface area contributed by atoms with Crippen molar-refractivity contribution in [3.63, 3.8) is 0 Å². The molecule has 0 aliphatic carbocycles. The Balaban J connectivity index is 2.03. The molecule has 0 fully saturated rings. The van der Waals surface area contributed by atoms with Gasteiger partial charge < -0.3 is 9.72 Å². The molecule has 0 aliphatic rings. The number of hydrogen-bond donors (Lipinski definition) is 2. The molecule has 0 bridgehead atoms. The summed E-state index contributed by atoms with van der Waals surface area (Å²) in [5, 5.41) is 3.25. The molecule has 9 nitrogen and oxygen atoms in total. The standard InChI is InChI=1S/C18H14Cl2F3N5O4/c1-7(2)12-15(29)24-5-11(25-12)32-14-9(19)3-8(4-10(14)20)13-16(30)26-17(31)28(27-13)6-18(21,22)23/h3-5,7H,6H2,1-2H3,(H,24,29)(H,26,30,31). The largest absolute Gasteiger partial charge is 0.434 e. The van der Waals surface area contributed by atoms with Crippen LogP contribution in [-0.4, -0.2) is 30.9 Å². The first-order chi connectivity index (χ1) is 14.9. The number of aromatic amines is 2. The van der Waals surface area contributed by atoms with Gasteiger partial charge >= 0.3 is 11.9 Å². The van der Waals surface area contributed by atoms with E-state index in [-0.39, 0.29) is 49.1 Å². The van der Waals surface area contributed by atoms with Gasteiger partial charge in [-0.25, -0.2) is 14.5 Å². The van der Waals surface area contributed by atoms with E-state index in [1.165, 1.54) is 18.3 Å². The molecule has 0 saturated carbocycles. The molecule has 0 spiro atoms. The van der Waals surface area contributed by atoms with Crippen LogP contribution in [-0.2, 0) is 6.54 Å². The molecule has 0 atom stereocenters. The van der Waals surface area contributed by atoms with Crippen LogP contribution in [0.5, 0.6) is 11.6 Å². The van der Waals surface area contributed by atoms with Gasteiger partial charge in [0.15, 0.2) is 11.4 Å². The molecule has 0 unspecified atom stereocenters. The Morgan fingerprint density at radius 3 is 2.31 bits per heavy atom. The Kier molecular flexibility index (Phi) is 6.46. The maximum absolute atomic E-state index is 12.7. The van der Waals surface area contributed by atoms with E-state index in [2.05, 4.69) is 15.1 Å². The molecule has 170 valence electrons. The van der Waals surface area contributed by atoms with Crippen molar-refractivity contribution in [3.05, 3.63) is 65.3 Å². The highest BCUT2D eigenvalue weighted by Gasteiger charge is 2.30. The molecule has 2 aromatic heterocycles. The van der Waals surface area contributed by atoms with Crippen molar-refractivity contribution >= 4 is 23.2 Å². The number of H-pyrrole nitrogens is 2. The van der Waals surface area contributed by atoms with Crippen molar-refractivity contribution in [1.82, 2.24) is 24.7 Å². The van der Waals surface area contributed by atoms with Crippen LogP contribution in [0.4, 0.5) is 13.2 Å². The lowest BCUT2D eigenvalue weighted by Crippen LogP contribution is -2.37. The van der Waals surface area contributed by atoms with Gasteiger partial charge in [0.05, 0.1) is 16.2 Å². The lowest BCUT2D eigenvalue weighted by Gasteiger charge is -2.12. The fourth-order valence-electron chi connectivity index (χ4n) is 2.64. The molecule has 0 saturated heterocycles. The molecule has 32 heavy (non-hydrogen) atoms. The van der Waals surface area contributed by atoms with Gasteiger partial charge in [-0.15, -0.1) is 0 Å². The van der Waals surface area contributed by atoms with E-state index in [0.29, 0.717) is 0 Å². The third-order valence-corrected chi connectivity index (χ3v) is 4.60. The molecule has 0 radical (unpaired) electrons. The topological polar surface area (TPSA) is 123 Å². The normalized spacial score (nSPS) is 11.8. The molecule has 2 heterocycles. The van der Waals surface area contributed by atoms with Gasteiger partial charge in [-0.1, -0.05) is 37.0 Å². The summed E-state index contributed by atoms with van der Waals surface area (Å²) >= 11 is 12.4. The van der Waals surface area contributed by atoms with Gasteiger partial charge in [0, 0.05) is 11.5 Å². The lowest BCUT2D eigenvalue weighted by atomic mass is 10.1. The van der Waals surface area contributed by atoms with Gasteiger partial charge in [0.25, 0.3) is 11.1 Å². The summed E-state index contributed by atoms with van der Waals surface area (Å²) in [6.07, 6.45) is -3.54. The molecule has 3 aromatic rings. The molecule has 3 rings (SSSR count). The Morgan fingerprint density at radius 1 is 1.12 bits per heavy atom.